The van der Waals surface area contributed by atoms with Crippen molar-refractivity contribution < 1.29 is 8.42 Å². The van der Waals surface area contributed by atoms with Gasteiger partial charge in [-0.15, -0.1) is 0 Å². The maximum Gasteiger partial charge on any atom is 0.151 e. The van der Waals surface area contributed by atoms with E-state index < -0.39 is 9.84 Å². The molecule has 0 radical (unpaired) electrons. The van der Waals surface area contributed by atoms with Crippen LogP contribution in [0, 0.1) is 5.92 Å². The van der Waals surface area contributed by atoms with E-state index >= 15 is 0 Å². The molecule has 1 rings (SSSR count). The van der Waals surface area contributed by atoms with Gasteiger partial charge in [0.25, 0.3) is 0 Å². The average Bonchev–Trinajstić information content (AvgIpc) is 2.64. The third-order valence-electron chi connectivity index (χ3n) is 3.97. The molecule has 0 aromatic heterocycles. The van der Waals surface area contributed by atoms with E-state index in [2.05, 4.69) is 38.0 Å². The maximum atomic E-state index is 11.5. The first-order chi connectivity index (χ1) is 7.87. The van der Waals surface area contributed by atoms with Crippen LogP contribution in [0.2, 0.25) is 0 Å². The molecule has 1 aliphatic heterocycles. The van der Waals surface area contributed by atoms with Crippen LogP contribution in [0.3, 0.4) is 0 Å². The summed E-state index contributed by atoms with van der Waals surface area (Å²) >= 11 is 0. The van der Waals surface area contributed by atoms with Crippen molar-refractivity contribution in [3.63, 3.8) is 0 Å². The lowest BCUT2D eigenvalue weighted by Crippen LogP contribution is -2.45. The summed E-state index contributed by atoms with van der Waals surface area (Å²) < 4.78 is 22.9. The highest BCUT2D eigenvalue weighted by Gasteiger charge is 2.33. The standard InChI is InChI=1S/C12H26N2O2S/c1-5-13-8-10(2)11(3)14(4)12-6-7-17(15,16)9-12/h10-13H,5-9H2,1-4H3. The third kappa shape index (κ3) is 4.23. The summed E-state index contributed by atoms with van der Waals surface area (Å²) in [5.74, 6) is 1.22. The highest BCUT2D eigenvalue weighted by atomic mass is 32.2. The van der Waals surface area contributed by atoms with E-state index in [9.17, 15) is 8.42 Å². The van der Waals surface area contributed by atoms with E-state index in [1.54, 1.807) is 0 Å². The van der Waals surface area contributed by atoms with Gasteiger partial charge in [0.2, 0.25) is 0 Å². The molecule has 0 amide bonds. The first-order valence-corrected chi connectivity index (χ1v) is 8.32. The topological polar surface area (TPSA) is 49.4 Å². The molecule has 0 saturated carbocycles. The van der Waals surface area contributed by atoms with E-state index in [0.717, 1.165) is 19.5 Å². The quantitative estimate of drug-likeness (QED) is 0.767. The maximum absolute atomic E-state index is 11.5. The largest absolute Gasteiger partial charge is 0.317 e. The summed E-state index contributed by atoms with van der Waals surface area (Å²) in [4.78, 5) is 2.24. The lowest BCUT2D eigenvalue weighted by atomic mass is 10.0. The normalized spacial score (nSPS) is 27.2. The minimum absolute atomic E-state index is 0.207. The van der Waals surface area contributed by atoms with Crippen molar-refractivity contribution >= 4 is 9.84 Å². The van der Waals surface area contributed by atoms with Crippen LogP contribution in [-0.2, 0) is 9.84 Å². The molecule has 1 N–H and O–H groups in total. The van der Waals surface area contributed by atoms with Crippen molar-refractivity contribution in [2.75, 3.05) is 31.6 Å². The molecule has 0 spiro atoms. The minimum atomic E-state index is -2.77. The fraction of sp³-hybridized carbons (Fsp3) is 1.00. The second-order valence-corrected chi connectivity index (χ2v) is 7.48. The van der Waals surface area contributed by atoms with Crippen LogP contribution in [0.5, 0.6) is 0 Å². The van der Waals surface area contributed by atoms with Crippen LogP contribution < -0.4 is 5.32 Å². The molecule has 0 bridgehead atoms. The Labute approximate surface area is 106 Å². The second-order valence-electron chi connectivity index (χ2n) is 5.25. The Bertz CT molecular complexity index is 329. The summed E-state index contributed by atoms with van der Waals surface area (Å²) in [6.07, 6.45) is 0.789. The highest BCUT2D eigenvalue weighted by Crippen LogP contribution is 2.21. The van der Waals surface area contributed by atoms with E-state index in [0.29, 0.717) is 23.5 Å². The Morgan fingerprint density at radius 2 is 2.06 bits per heavy atom. The smallest absolute Gasteiger partial charge is 0.151 e. The van der Waals surface area contributed by atoms with E-state index in [-0.39, 0.29) is 6.04 Å². The predicted octanol–water partition coefficient (Wildman–Crippen LogP) is 0.739. The van der Waals surface area contributed by atoms with E-state index in [1.807, 2.05) is 0 Å². The van der Waals surface area contributed by atoms with Gasteiger partial charge in [-0.25, -0.2) is 8.42 Å². The number of nitrogens with zero attached hydrogens (tertiary/aromatic N) is 1. The van der Waals surface area contributed by atoms with Crippen molar-refractivity contribution in [2.24, 2.45) is 5.92 Å². The van der Waals surface area contributed by atoms with Gasteiger partial charge in [0, 0.05) is 12.1 Å². The summed E-state index contributed by atoms with van der Waals surface area (Å²) in [7, 11) is -0.720. The Morgan fingerprint density at radius 3 is 2.53 bits per heavy atom. The van der Waals surface area contributed by atoms with Crippen molar-refractivity contribution in [2.45, 2.75) is 39.3 Å². The second kappa shape index (κ2) is 6.16. The molecular weight excluding hydrogens is 236 g/mol. The number of hydrogen-bond acceptors (Lipinski definition) is 4. The van der Waals surface area contributed by atoms with Gasteiger partial charge in [-0.1, -0.05) is 13.8 Å². The number of rotatable bonds is 6. The van der Waals surface area contributed by atoms with Gasteiger partial charge in [0.15, 0.2) is 9.84 Å². The Hall–Kier alpha value is -0.130. The summed E-state index contributed by atoms with van der Waals surface area (Å²) in [6, 6.07) is 0.617. The zero-order chi connectivity index (χ0) is 13.1. The molecule has 4 nitrogen and oxygen atoms in total. The molecule has 0 aliphatic carbocycles. The Kier molecular flexibility index (Phi) is 5.41. The van der Waals surface area contributed by atoms with Gasteiger partial charge in [-0.2, -0.15) is 0 Å². The molecule has 3 unspecified atom stereocenters. The molecule has 0 aromatic rings. The van der Waals surface area contributed by atoms with Crippen molar-refractivity contribution in [3.05, 3.63) is 0 Å². The van der Waals surface area contributed by atoms with Gasteiger partial charge < -0.3 is 5.32 Å². The molecular formula is C12H26N2O2S. The van der Waals surface area contributed by atoms with Gasteiger partial charge >= 0.3 is 0 Å². The van der Waals surface area contributed by atoms with Crippen molar-refractivity contribution in [1.82, 2.24) is 10.2 Å². The zero-order valence-electron chi connectivity index (χ0n) is 11.4. The van der Waals surface area contributed by atoms with E-state index in [1.165, 1.54) is 0 Å². The van der Waals surface area contributed by atoms with Crippen molar-refractivity contribution in [1.29, 1.82) is 0 Å². The summed E-state index contributed by atoms with van der Waals surface area (Å²) in [5, 5.41) is 3.35. The van der Waals surface area contributed by atoms with Crippen LogP contribution >= 0.6 is 0 Å². The van der Waals surface area contributed by atoms with Crippen molar-refractivity contribution in [3.8, 4) is 0 Å². The van der Waals surface area contributed by atoms with E-state index in [4.69, 9.17) is 0 Å². The lowest BCUT2D eigenvalue weighted by molar-refractivity contribution is 0.152. The Balaban J connectivity index is 2.49. The molecule has 3 atom stereocenters. The Morgan fingerprint density at radius 1 is 1.41 bits per heavy atom. The molecule has 1 saturated heterocycles. The number of nitrogens with one attached hydrogen (secondary N) is 1. The summed E-state index contributed by atoms with van der Waals surface area (Å²) in [5.41, 5.74) is 0. The number of sulfone groups is 1. The van der Waals surface area contributed by atoms with Crippen LogP contribution in [0.25, 0.3) is 0 Å². The van der Waals surface area contributed by atoms with Gasteiger partial charge in [-0.3, -0.25) is 4.90 Å². The first kappa shape index (κ1) is 14.9. The minimum Gasteiger partial charge on any atom is -0.317 e. The molecule has 5 heteroatoms. The molecule has 1 heterocycles. The predicted molar refractivity (Wildman–Crippen MR) is 72.0 cm³/mol. The molecule has 17 heavy (non-hydrogen) atoms. The molecule has 0 aromatic carbocycles. The monoisotopic (exact) mass is 262 g/mol. The molecule has 1 fully saturated rings. The fourth-order valence-electron chi connectivity index (χ4n) is 2.37. The molecule has 1 aliphatic rings. The summed E-state index contributed by atoms with van der Waals surface area (Å²) in [6.45, 7) is 8.48. The lowest BCUT2D eigenvalue weighted by Gasteiger charge is -2.34. The fourth-order valence-corrected chi connectivity index (χ4v) is 4.16. The third-order valence-corrected chi connectivity index (χ3v) is 5.72. The number of hydrogen-bond donors (Lipinski definition) is 1. The van der Waals surface area contributed by atoms with Crippen LogP contribution in [-0.4, -0.2) is 57.0 Å². The van der Waals surface area contributed by atoms with Crippen LogP contribution in [0.4, 0.5) is 0 Å². The zero-order valence-corrected chi connectivity index (χ0v) is 12.3. The van der Waals surface area contributed by atoms with Gasteiger partial charge in [-0.05, 0) is 39.4 Å². The van der Waals surface area contributed by atoms with Gasteiger partial charge in [0.1, 0.15) is 0 Å². The van der Waals surface area contributed by atoms with Gasteiger partial charge in [0.05, 0.1) is 11.5 Å². The average molecular weight is 262 g/mol. The first-order valence-electron chi connectivity index (χ1n) is 6.50. The van der Waals surface area contributed by atoms with Crippen LogP contribution in [0.15, 0.2) is 0 Å². The highest BCUT2D eigenvalue weighted by molar-refractivity contribution is 7.91. The SMILES string of the molecule is CCNCC(C)C(C)N(C)C1CCS(=O)(=O)C1. The van der Waals surface area contributed by atoms with Crippen LogP contribution in [0.1, 0.15) is 27.2 Å². The molecule has 102 valence electrons.